The van der Waals surface area contributed by atoms with E-state index in [9.17, 15) is 14.7 Å². The maximum absolute atomic E-state index is 13.0. The predicted octanol–water partition coefficient (Wildman–Crippen LogP) is 3.06. The molecule has 0 fully saturated rings. The molecule has 2 aromatic rings. The molecule has 2 amide bonds. The fourth-order valence-corrected chi connectivity index (χ4v) is 4.16. The van der Waals surface area contributed by atoms with Crippen molar-refractivity contribution in [1.82, 2.24) is 15.6 Å². The van der Waals surface area contributed by atoms with Gasteiger partial charge in [-0.05, 0) is 68.7 Å². The molecule has 9 heteroatoms. The molecule has 1 heterocycles. The number of ether oxygens (including phenoxy) is 2. The molecular formula is C30H46N4O5. The SMILES string of the molecule is COCCCCOc1ccccc1C(=O)NCC(CC(N)C(O)CNC(=O)C(C)(C)c1cccnc1)C(C)C. The van der Waals surface area contributed by atoms with Crippen molar-refractivity contribution in [3.8, 4) is 5.75 Å². The van der Waals surface area contributed by atoms with Crippen molar-refractivity contribution in [2.75, 3.05) is 33.4 Å². The van der Waals surface area contributed by atoms with E-state index in [1.54, 1.807) is 37.7 Å². The first kappa shape index (κ1) is 32.2. The molecule has 216 valence electrons. The number of carbonyl (C=O) groups excluding carboxylic acids is 2. The lowest BCUT2D eigenvalue weighted by Crippen LogP contribution is -2.49. The van der Waals surface area contributed by atoms with Gasteiger partial charge in [-0.1, -0.05) is 32.0 Å². The predicted molar refractivity (Wildman–Crippen MR) is 153 cm³/mol. The molecule has 9 nitrogen and oxygen atoms in total. The van der Waals surface area contributed by atoms with Crippen molar-refractivity contribution in [2.24, 2.45) is 17.6 Å². The van der Waals surface area contributed by atoms with Crippen LogP contribution in [0.1, 0.15) is 62.9 Å². The van der Waals surface area contributed by atoms with Crippen molar-refractivity contribution in [3.05, 3.63) is 59.9 Å². The van der Waals surface area contributed by atoms with Crippen LogP contribution in [0.25, 0.3) is 0 Å². The number of hydrogen-bond donors (Lipinski definition) is 4. The first-order valence-electron chi connectivity index (χ1n) is 13.7. The van der Waals surface area contributed by atoms with Crippen molar-refractivity contribution < 1.29 is 24.2 Å². The van der Waals surface area contributed by atoms with E-state index in [1.165, 1.54) is 0 Å². The standard InChI is InChI=1S/C30H46N4O5/c1-21(2)22(18-33-28(36)24-12-6-7-13-27(24)39-16-9-8-15-38-5)17-25(31)26(35)20-34-29(37)30(3,4)23-11-10-14-32-19-23/h6-7,10-14,19,21-22,25-26,35H,8-9,15-18,20,31H2,1-5H3,(H,33,36)(H,34,37). The Hall–Kier alpha value is -3.01. The van der Waals surface area contributed by atoms with Crippen LogP contribution < -0.4 is 21.1 Å². The highest BCUT2D eigenvalue weighted by molar-refractivity contribution is 5.96. The van der Waals surface area contributed by atoms with Crippen LogP contribution in [0.4, 0.5) is 0 Å². The number of unbranched alkanes of at least 4 members (excludes halogenated alkanes) is 1. The monoisotopic (exact) mass is 542 g/mol. The second kappa shape index (κ2) is 16.2. The van der Waals surface area contributed by atoms with Gasteiger partial charge in [0.05, 0.1) is 23.7 Å². The van der Waals surface area contributed by atoms with E-state index < -0.39 is 17.6 Å². The van der Waals surface area contributed by atoms with E-state index in [2.05, 4.69) is 29.5 Å². The lowest BCUT2D eigenvalue weighted by molar-refractivity contribution is -0.126. The van der Waals surface area contributed by atoms with Gasteiger partial charge in [0, 0.05) is 45.2 Å². The molecule has 0 bridgehead atoms. The summed E-state index contributed by atoms with van der Waals surface area (Å²) in [6.07, 6.45) is 4.60. The molecule has 0 radical (unpaired) electrons. The zero-order chi connectivity index (χ0) is 28.8. The first-order valence-corrected chi connectivity index (χ1v) is 13.7. The second-order valence-corrected chi connectivity index (χ2v) is 10.8. The maximum atomic E-state index is 13.0. The van der Waals surface area contributed by atoms with Gasteiger partial charge in [0.15, 0.2) is 0 Å². The first-order chi connectivity index (χ1) is 18.6. The fourth-order valence-electron chi connectivity index (χ4n) is 4.16. The number of benzene rings is 1. The smallest absolute Gasteiger partial charge is 0.255 e. The van der Waals surface area contributed by atoms with E-state index in [0.29, 0.717) is 37.5 Å². The third kappa shape index (κ3) is 10.2. The van der Waals surface area contributed by atoms with Gasteiger partial charge in [-0.3, -0.25) is 14.6 Å². The van der Waals surface area contributed by atoms with Gasteiger partial charge >= 0.3 is 0 Å². The molecular weight excluding hydrogens is 496 g/mol. The van der Waals surface area contributed by atoms with Crippen LogP contribution in [-0.2, 0) is 14.9 Å². The Morgan fingerprint density at radius 3 is 2.44 bits per heavy atom. The molecule has 5 N–H and O–H groups in total. The third-order valence-corrected chi connectivity index (χ3v) is 7.09. The number of pyridine rings is 1. The van der Waals surface area contributed by atoms with Crippen molar-refractivity contribution in [1.29, 1.82) is 0 Å². The molecule has 0 aliphatic carbocycles. The number of methoxy groups -OCH3 is 1. The number of amides is 2. The van der Waals surface area contributed by atoms with Crippen LogP contribution in [-0.4, -0.2) is 67.5 Å². The number of nitrogens with one attached hydrogen (secondary N) is 2. The number of nitrogens with zero attached hydrogens (tertiary/aromatic N) is 1. The van der Waals surface area contributed by atoms with Gasteiger partial charge in [0.25, 0.3) is 5.91 Å². The number of rotatable bonds is 17. The van der Waals surface area contributed by atoms with Crippen LogP contribution in [0.15, 0.2) is 48.8 Å². The Morgan fingerprint density at radius 2 is 1.77 bits per heavy atom. The minimum absolute atomic E-state index is 0.0308. The molecule has 0 saturated carbocycles. The van der Waals surface area contributed by atoms with Gasteiger partial charge in [-0.2, -0.15) is 0 Å². The molecule has 1 aromatic heterocycles. The molecule has 0 spiro atoms. The Labute approximate surface area is 232 Å². The Morgan fingerprint density at radius 1 is 1.05 bits per heavy atom. The maximum Gasteiger partial charge on any atom is 0.255 e. The minimum Gasteiger partial charge on any atom is -0.493 e. The summed E-state index contributed by atoms with van der Waals surface area (Å²) in [7, 11) is 1.67. The summed E-state index contributed by atoms with van der Waals surface area (Å²) in [6, 6.07) is 10.3. The summed E-state index contributed by atoms with van der Waals surface area (Å²) in [5.41, 5.74) is 6.81. The van der Waals surface area contributed by atoms with Gasteiger partial charge in [-0.25, -0.2) is 0 Å². The number of hydrogen-bond acceptors (Lipinski definition) is 7. The highest BCUT2D eigenvalue weighted by Gasteiger charge is 2.31. The zero-order valence-corrected chi connectivity index (χ0v) is 24.0. The second-order valence-electron chi connectivity index (χ2n) is 10.8. The van der Waals surface area contributed by atoms with Crippen LogP contribution in [0.2, 0.25) is 0 Å². The van der Waals surface area contributed by atoms with Crippen molar-refractivity contribution >= 4 is 11.8 Å². The Balaban J connectivity index is 1.88. The largest absolute Gasteiger partial charge is 0.493 e. The molecule has 3 atom stereocenters. The van der Waals surface area contributed by atoms with Gasteiger partial charge in [0.2, 0.25) is 5.91 Å². The highest BCUT2D eigenvalue weighted by Crippen LogP contribution is 2.23. The minimum atomic E-state index is -0.928. The van der Waals surface area contributed by atoms with Gasteiger partial charge in [0.1, 0.15) is 5.75 Å². The molecule has 2 rings (SSSR count). The fraction of sp³-hybridized carbons (Fsp3) is 0.567. The van der Waals surface area contributed by atoms with E-state index in [-0.39, 0.29) is 30.2 Å². The summed E-state index contributed by atoms with van der Waals surface area (Å²) in [5, 5.41) is 16.5. The van der Waals surface area contributed by atoms with Crippen molar-refractivity contribution in [3.63, 3.8) is 0 Å². The molecule has 0 saturated heterocycles. The molecule has 0 aliphatic heterocycles. The van der Waals surface area contributed by atoms with E-state index in [1.807, 2.05) is 32.0 Å². The molecule has 1 aromatic carbocycles. The number of aromatic nitrogens is 1. The Bertz CT molecular complexity index is 1020. The number of aliphatic hydroxyl groups is 1. The average molecular weight is 543 g/mol. The summed E-state index contributed by atoms with van der Waals surface area (Å²) < 4.78 is 10.9. The average Bonchev–Trinajstić information content (AvgIpc) is 2.93. The van der Waals surface area contributed by atoms with Crippen LogP contribution in [0.5, 0.6) is 5.75 Å². The van der Waals surface area contributed by atoms with Crippen LogP contribution >= 0.6 is 0 Å². The summed E-state index contributed by atoms with van der Waals surface area (Å²) >= 11 is 0. The van der Waals surface area contributed by atoms with Crippen LogP contribution in [0, 0.1) is 11.8 Å². The normalized spacial score (nSPS) is 13.9. The quantitative estimate of drug-likeness (QED) is 0.226. The van der Waals surface area contributed by atoms with Crippen molar-refractivity contribution in [2.45, 2.75) is 64.5 Å². The number of aliphatic hydroxyl groups excluding tert-OH is 1. The Kier molecular flexibility index (Phi) is 13.4. The lowest BCUT2D eigenvalue weighted by atomic mass is 9.84. The van der Waals surface area contributed by atoms with Gasteiger partial charge < -0.3 is 30.9 Å². The van der Waals surface area contributed by atoms with Gasteiger partial charge in [-0.15, -0.1) is 0 Å². The summed E-state index contributed by atoms with van der Waals surface area (Å²) in [5.74, 6) is 0.366. The zero-order valence-electron chi connectivity index (χ0n) is 24.0. The molecule has 3 unspecified atom stereocenters. The topological polar surface area (TPSA) is 136 Å². The summed E-state index contributed by atoms with van der Waals surface area (Å²) in [4.78, 5) is 29.9. The summed E-state index contributed by atoms with van der Waals surface area (Å²) in [6.45, 7) is 9.37. The third-order valence-electron chi connectivity index (χ3n) is 7.09. The molecule has 0 aliphatic rings. The number of nitrogens with two attached hydrogens (primary N) is 1. The number of para-hydroxylation sites is 1. The molecule has 39 heavy (non-hydrogen) atoms. The van der Waals surface area contributed by atoms with E-state index >= 15 is 0 Å². The van der Waals surface area contributed by atoms with E-state index in [0.717, 1.165) is 18.4 Å². The number of carbonyl (C=O) groups is 2. The van der Waals surface area contributed by atoms with E-state index in [4.69, 9.17) is 15.2 Å². The lowest BCUT2D eigenvalue weighted by Gasteiger charge is -2.29. The highest BCUT2D eigenvalue weighted by atomic mass is 16.5. The van der Waals surface area contributed by atoms with Crippen LogP contribution in [0.3, 0.4) is 0 Å².